The highest BCUT2D eigenvalue weighted by molar-refractivity contribution is 5.97. The van der Waals surface area contributed by atoms with Crippen molar-refractivity contribution < 1.29 is 18.7 Å². The zero-order valence-electron chi connectivity index (χ0n) is 19.7. The summed E-state index contributed by atoms with van der Waals surface area (Å²) < 4.78 is 18.5. The van der Waals surface area contributed by atoms with E-state index in [1.165, 1.54) is 31.4 Å². The summed E-state index contributed by atoms with van der Waals surface area (Å²) in [6.45, 7) is 0.119. The number of nitrogens with one attached hydrogen (secondary N) is 4. The molecule has 1 aliphatic rings. The predicted molar refractivity (Wildman–Crippen MR) is 129 cm³/mol. The summed E-state index contributed by atoms with van der Waals surface area (Å²) in [5.41, 5.74) is 3.13. The van der Waals surface area contributed by atoms with E-state index in [9.17, 15) is 18.8 Å². The van der Waals surface area contributed by atoms with Crippen LogP contribution in [-0.4, -0.2) is 44.1 Å². The van der Waals surface area contributed by atoms with Gasteiger partial charge in [-0.05, 0) is 47.7 Å². The van der Waals surface area contributed by atoms with Gasteiger partial charge in [-0.1, -0.05) is 18.2 Å². The lowest BCUT2D eigenvalue weighted by Crippen LogP contribution is -2.29. The van der Waals surface area contributed by atoms with Crippen LogP contribution < -0.4 is 21.1 Å². The third kappa shape index (κ3) is 5.08. The number of halogens is 1. The molecule has 2 amide bonds. The second kappa shape index (κ2) is 10.0. The number of aromatic nitrogens is 5. The number of methoxy groups -OCH3 is 1. The normalized spacial score (nSPS) is 14.2. The van der Waals surface area contributed by atoms with Gasteiger partial charge in [-0.25, -0.2) is 24.3 Å². The van der Waals surface area contributed by atoms with Gasteiger partial charge in [-0.2, -0.15) is 5.10 Å². The number of carbonyl (C=O) groups excluding carboxylic acids is 2. The van der Waals surface area contributed by atoms with Crippen molar-refractivity contribution in [3.05, 3.63) is 93.2 Å². The lowest BCUT2D eigenvalue weighted by molar-refractivity contribution is 0.0931. The first kappa shape index (κ1) is 23.9. The minimum absolute atomic E-state index is 0.0266. The minimum Gasteiger partial charge on any atom is -0.494 e. The maximum absolute atomic E-state index is 13.6. The molecule has 5 rings (SSSR count). The number of hydrogen-bond donors (Lipinski definition) is 4. The van der Waals surface area contributed by atoms with Gasteiger partial charge < -0.3 is 15.4 Å². The third-order valence-corrected chi connectivity index (χ3v) is 6.10. The maximum Gasteiger partial charge on any atom is 0.340 e. The monoisotopic (exact) mass is 503 g/mol. The van der Waals surface area contributed by atoms with Crippen LogP contribution in [0.2, 0.25) is 0 Å². The number of carbonyl (C=O) groups is 2. The van der Waals surface area contributed by atoms with Crippen molar-refractivity contribution in [1.29, 1.82) is 0 Å². The van der Waals surface area contributed by atoms with E-state index in [1.807, 2.05) is 18.2 Å². The molecule has 0 fully saturated rings. The second-order valence-electron chi connectivity index (χ2n) is 8.44. The van der Waals surface area contributed by atoms with Crippen molar-refractivity contribution in [3.63, 3.8) is 0 Å². The van der Waals surface area contributed by atoms with Crippen molar-refractivity contribution in [3.8, 4) is 17.1 Å². The quantitative estimate of drug-likeness (QED) is 0.301. The van der Waals surface area contributed by atoms with E-state index in [1.54, 1.807) is 0 Å². The van der Waals surface area contributed by atoms with Crippen molar-refractivity contribution in [1.82, 2.24) is 35.8 Å². The minimum atomic E-state index is -0.505. The fourth-order valence-electron chi connectivity index (χ4n) is 4.25. The molecular formula is C25H22FN7O4. The first-order chi connectivity index (χ1) is 17.9. The molecule has 0 bridgehead atoms. The van der Waals surface area contributed by atoms with E-state index < -0.39 is 17.6 Å². The van der Waals surface area contributed by atoms with Crippen LogP contribution in [0.5, 0.6) is 5.75 Å². The summed E-state index contributed by atoms with van der Waals surface area (Å²) in [5.74, 6) is -0.907. The van der Waals surface area contributed by atoms with E-state index in [-0.39, 0.29) is 35.4 Å². The Labute approximate surface area is 209 Å². The zero-order valence-corrected chi connectivity index (χ0v) is 19.7. The van der Waals surface area contributed by atoms with Gasteiger partial charge in [0.1, 0.15) is 17.7 Å². The van der Waals surface area contributed by atoms with Crippen LogP contribution >= 0.6 is 0 Å². The van der Waals surface area contributed by atoms with Gasteiger partial charge in [0.2, 0.25) is 0 Å². The molecule has 0 unspecified atom stereocenters. The molecule has 0 saturated carbocycles. The molecule has 1 atom stereocenters. The average Bonchev–Trinajstić information content (AvgIpc) is 3.53. The molecule has 4 aromatic rings. The van der Waals surface area contributed by atoms with Crippen LogP contribution in [0.1, 0.15) is 50.1 Å². The van der Waals surface area contributed by atoms with Gasteiger partial charge in [-0.15, -0.1) is 0 Å². The molecule has 2 aromatic carbocycles. The van der Waals surface area contributed by atoms with E-state index >= 15 is 0 Å². The second-order valence-corrected chi connectivity index (χ2v) is 8.44. The number of aromatic amines is 2. The highest BCUT2D eigenvalue weighted by Gasteiger charge is 2.26. The molecule has 11 nitrogen and oxygen atoms in total. The van der Waals surface area contributed by atoms with Gasteiger partial charge in [-0.3, -0.25) is 14.6 Å². The van der Waals surface area contributed by atoms with Crippen LogP contribution in [0.25, 0.3) is 11.4 Å². The fraction of sp³-hybridized carbons (Fsp3) is 0.200. The van der Waals surface area contributed by atoms with Gasteiger partial charge >= 0.3 is 5.69 Å². The topological polar surface area (TPSA) is 155 Å². The van der Waals surface area contributed by atoms with Crippen LogP contribution in [-0.2, 0) is 13.0 Å². The maximum atomic E-state index is 13.6. The summed E-state index contributed by atoms with van der Waals surface area (Å²) >= 11 is 0. The number of nitrogens with zero attached hydrogens (tertiary/aromatic N) is 3. The summed E-state index contributed by atoms with van der Waals surface area (Å²) in [5, 5.41) is 12.0. The number of benzene rings is 2. The van der Waals surface area contributed by atoms with Crippen LogP contribution in [0.3, 0.4) is 0 Å². The van der Waals surface area contributed by atoms with Gasteiger partial charge in [0.25, 0.3) is 11.8 Å². The Morgan fingerprint density at radius 2 is 1.92 bits per heavy atom. The van der Waals surface area contributed by atoms with E-state index in [4.69, 9.17) is 4.74 Å². The first-order valence-corrected chi connectivity index (χ1v) is 11.4. The first-order valence-electron chi connectivity index (χ1n) is 11.4. The number of hydrogen-bond acceptors (Lipinski definition) is 7. The molecule has 2 heterocycles. The average molecular weight is 503 g/mol. The number of ether oxygens (including phenoxy) is 1. The molecule has 2 aromatic heterocycles. The van der Waals surface area contributed by atoms with E-state index in [0.29, 0.717) is 17.8 Å². The molecule has 12 heteroatoms. The standard InChI is InChI=1S/C25H22FN7O4/c1-37-21-8-13(2-6-17(21)26)11-27-23(34)19-10-20(29-12-28-19)24(35)30-18-7-4-14-9-15(3-5-16(14)18)22-31-25(36)33-32-22/h2-3,5-6,8-10,12,18H,4,7,11H2,1H3,(H,27,34)(H,30,35)(H2,31,32,33,36)/t18-/m1/s1. The van der Waals surface area contributed by atoms with Crippen molar-refractivity contribution in [2.24, 2.45) is 0 Å². The Morgan fingerprint density at radius 1 is 1.11 bits per heavy atom. The Morgan fingerprint density at radius 3 is 2.68 bits per heavy atom. The Balaban J connectivity index is 1.24. The number of fused-ring (bicyclic) bond motifs is 1. The Hall–Kier alpha value is -4.87. The van der Waals surface area contributed by atoms with E-state index in [2.05, 4.69) is 35.8 Å². The van der Waals surface area contributed by atoms with Crippen LogP contribution in [0, 0.1) is 5.82 Å². The summed E-state index contributed by atoms with van der Waals surface area (Å²) in [4.78, 5) is 47.5. The van der Waals surface area contributed by atoms with E-state index in [0.717, 1.165) is 29.4 Å². The van der Waals surface area contributed by atoms with Crippen molar-refractivity contribution in [2.45, 2.75) is 25.4 Å². The molecule has 188 valence electrons. The summed E-state index contributed by atoms with van der Waals surface area (Å²) in [6, 6.07) is 11.1. The molecule has 0 saturated heterocycles. The fourth-order valence-corrected chi connectivity index (χ4v) is 4.25. The Kier molecular flexibility index (Phi) is 6.45. The van der Waals surface area contributed by atoms with Gasteiger partial charge in [0, 0.05) is 18.2 Å². The lowest BCUT2D eigenvalue weighted by atomic mass is 10.0. The SMILES string of the molecule is COc1cc(CNC(=O)c2cc(C(=O)N[C@@H]3CCc4cc(-c5n[nH]c(=O)[nH]5)ccc43)ncn2)ccc1F. The third-order valence-electron chi connectivity index (χ3n) is 6.10. The zero-order chi connectivity index (χ0) is 25.9. The van der Waals surface area contributed by atoms with Crippen molar-refractivity contribution >= 4 is 11.8 Å². The van der Waals surface area contributed by atoms with Gasteiger partial charge in [0.15, 0.2) is 17.4 Å². The van der Waals surface area contributed by atoms with Gasteiger partial charge in [0.05, 0.1) is 13.2 Å². The molecule has 1 aliphatic carbocycles. The number of aryl methyl sites for hydroxylation is 1. The van der Waals surface area contributed by atoms with Crippen LogP contribution in [0.4, 0.5) is 4.39 Å². The molecular weight excluding hydrogens is 481 g/mol. The molecule has 0 radical (unpaired) electrons. The number of H-pyrrole nitrogens is 2. The largest absolute Gasteiger partial charge is 0.494 e. The molecule has 37 heavy (non-hydrogen) atoms. The Bertz CT molecular complexity index is 1550. The van der Waals surface area contributed by atoms with Crippen molar-refractivity contribution in [2.75, 3.05) is 7.11 Å². The lowest BCUT2D eigenvalue weighted by Gasteiger charge is -2.14. The number of amides is 2. The molecule has 0 aliphatic heterocycles. The summed E-state index contributed by atoms with van der Waals surface area (Å²) in [6.07, 6.45) is 2.60. The predicted octanol–water partition coefficient (Wildman–Crippen LogP) is 2.05. The highest BCUT2D eigenvalue weighted by atomic mass is 19.1. The highest BCUT2D eigenvalue weighted by Crippen LogP contribution is 2.33. The summed E-state index contributed by atoms with van der Waals surface area (Å²) in [7, 11) is 1.36. The smallest absolute Gasteiger partial charge is 0.340 e. The number of rotatable bonds is 7. The molecule has 0 spiro atoms. The van der Waals surface area contributed by atoms with Crippen LogP contribution in [0.15, 0.2) is 53.6 Å². The molecule has 4 N–H and O–H groups in total.